The Bertz CT molecular complexity index is 128. The molecule has 0 rings (SSSR count). The van der Waals surface area contributed by atoms with Crippen molar-refractivity contribution >= 4 is 0 Å². The van der Waals surface area contributed by atoms with E-state index in [1.807, 2.05) is 6.26 Å². The first-order valence-electron chi connectivity index (χ1n) is 4.23. The second-order valence-corrected chi connectivity index (χ2v) is 4.19. The van der Waals surface area contributed by atoms with Gasteiger partial charge in [0.15, 0.2) is 0 Å². The van der Waals surface area contributed by atoms with Crippen LogP contribution in [-0.2, 0) is 4.74 Å². The summed E-state index contributed by atoms with van der Waals surface area (Å²) in [7, 11) is 0. The van der Waals surface area contributed by atoms with Gasteiger partial charge in [-0.3, -0.25) is 0 Å². The molecule has 0 bridgehead atoms. The fourth-order valence-electron chi connectivity index (χ4n) is 0.517. The van der Waals surface area contributed by atoms with Gasteiger partial charge >= 0.3 is 0 Å². The fraction of sp³-hybridized carbons (Fsp3) is 0.800. The summed E-state index contributed by atoms with van der Waals surface area (Å²) in [5, 5.41) is 0. The van der Waals surface area contributed by atoms with E-state index in [9.17, 15) is 0 Å². The maximum Gasteiger partial charge on any atom is 0.0921 e. The number of hydrogen-bond acceptors (Lipinski definition) is 1. The minimum atomic E-state index is 0.268. The quantitative estimate of drug-likeness (QED) is 0.569. The van der Waals surface area contributed by atoms with E-state index in [2.05, 4.69) is 34.6 Å². The molecule has 0 amide bonds. The molecule has 0 heterocycles. The van der Waals surface area contributed by atoms with Crippen molar-refractivity contribution in [1.29, 1.82) is 0 Å². The SMILES string of the molecule is CCC(C)=COCC(C)(C)C. The summed E-state index contributed by atoms with van der Waals surface area (Å²) in [4.78, 5) is 0. The lowest BCUT2D eigenvalue weighted by Gasteiger charge is -2.17. The summed E-state index contributed by atoms with van der Waals surface area (Å²) in [5.74, 6) is 0. The number of ether oxygens (including phenoxy) is 1. The molecular formula is C10H20O. The van der Waals surface area contributed by atoms with Crippen LogP contribution in [0.15, 0.2) is 11.8 Å². The minimum Gasteiger partial charge on any atom is -0.501 e. The van der Waals surface area contributed by atoms with Crippen LogP contribution in [0.4, 0.5) is 0 Å². The van der Waals surface area contributed by atoms with Crippen LogP contribution in [0.2, 0.25) is 0 Å². The maximum atomic E-state index is 5.39. The van der Waals surface area contributed by atoms with E-state index in [1.165, 1.54) is 5.57 Å². The monoisotopic (exact) mass is 156 g/mol. The third kappa shape index (κ3) is 7.44. The summed E-state index contributed by atoms with van der Waals surface area (Å²) in [6.45, 7) is 11.5. The second kappa shape index (κ2) is 4.42. The number of rotatable bonds is 3. The van der Waals surface area contributed by atoms with Crippen molar-refractivity contribution in [3.63, 3.8) is 0 Å². The van der Waals surface area contributed by atoms with Gasteiger partial charge in [0.05, 0.1) is 12.9 Å². The van der Waals surface area contributed by atoms with Crippen LogP contribution in [0.25, 0.3) is 0 Å². The molecule has 1 heteroatoms. The van der Waals surface area contributed by atoms with Crippen LogP contribution in [0.1, 0.15) is 41.0 Å². The van der Waals surface area contributed by atoms with Gasteiger partial charge in [-0.25, -0.2) is 0 Å². The van der Waals surface area contributed by atoms with Gasteiger partial charge in [-0.15, -0.1) is 0 Å². The Morgan fingerprint density at radius 2 is 1.91 bits per heavy atom. The molecule has 0 aromatic carbocycles. The van der Waals surface area contributed by atoms with Gasteiger partial charge in [-0.1, -0.05) is 27.7 Å². The second-order valence-electron chi connectivity index (χ2n) is 4.19. The Morgan fingerprint density at radius 1 is 1.36 bits per heavy atom. The Morgan fingerprint density at radius 3 is 2.27 bits per heavy atom. The van der Waals surface area contributed by atoms with Gasteiger partial charge in [-0.2, -0.15) is 0 Å². The molecule has 0 saturated heterocycles. The van der Waals surface area contributed by atoms with E-state index in [-0.39, 0.29) is 5.41 Å². The van der Waals surface area contributed by atoms with E-state index in [0.717, 1.165) is 13.0 Å². The van der Waals surface area contributed by atoms with Crippen LogP contribution in [0.3, 0.4) is 0 Å². The standard InChI is InChI=1S/C10H20O/c1-6-9(2)7-11-8-10(3,4)5/h7H,6,8H2,1-5H3. The van der Waals surface area contributed by atoms with Crippen molar-refractivity contribution in [2.75, 3.05) is 6.61 Å². The molecule has 0 aromatic heterocycles. The molecule has 0 atom stereocenters. The summed E-state index contributed by atoms with van der Waals surface area (Å²) in [6, 6.07) is 0. The van der Waals surface area contributed by atoms with Crippen molar-refractivity contribution in [2.45, 2.75) is 41.0 Å². The van der Waals surface area contributed by atoms with Gasteiger partial charge in [0.25, 0.3) is 0 Å². The highest BCUT2D eigenvalue weighted by molar-refractivity contribution is 4.91. The normalized spacial score (nSPS) is 13.4. The molecule has 0 unspecified atom stereocenters. The summed E-state index contributed by atoms with van der Waals surface area (Å²) >= 11 is 0. The largest absolute Gasteiger partial charge is 0.501 e. The maximum absolute atomic E-state index is 5.39. The Hall–Kier alpha value is -0.460. The molecule has 0 saturated carbocycles. The van der Waals surface area contributed by atoms with E-state index in [4.69, 9.17) is 4.74 Å². The molecule has 0 aromatic rings. The van der Waals surface area contributed by atoms with Crippen LogP contribution < -0.4 is 0 Å². The molecule has 0 fully saturated rings. The minimum absolute atomic E-state index is 0.268. The van der Waals surface area contributed by atoms with Crippen LogP contribution in [0.5, 0.6) is 0 Å². The lowest BCUT2D eigenvalue weighted by Crippen LogP contribution is -2.12. The van der Waals surface area contributed by atoms with E-state index < -0.39 is 0 Å². The molecule has 0 radical (unpaired) electrons. The Balaban J connectivity index is 3.57. The first kappa shape index (κ1) is 10.5. The zero-order valence-electron chi connectivity index (χ0n) is 8.40. The van der Waals surface area contributed by atoms with E-state index in [1.54, 1.807) is 0 Å². The molecule has 0 aliphatic heterocycles. The first-order valence-corrected chi connectivity index (χ1v) is 4.23. The molecular weight excluding hydrogens is 136 g/mol. The summed E-state index contributed by atoms with van der Waals surface area (Å²) < 4.78 is 5.39. The highest BCUT2D eigenvalue weighted by atomic mass is 16.5. The van der Waals surface area contributed by atoms with E-state index >= 15 is 0 Å². The molecule has 11 heavy (non-hydrogen) atoms. The highest BCUT2D eigenvalue weighted by Crippen LogP contribution is 2.13. The third-order valence-electron chi connectivity index (χ3n) is 1.36. The van der Waals surface area contributed by atoms with Crippen molar-refractivity contribution in [3.8, 4) is 0 Å². The van der Waals surface area contributed by atoms with Gasteiger partial charge in [-0.05, 0) is 24.3 Å². The Labute approximate surface area is 70.4 Å². The van der Waals surface area contributed by atoms with Crippen molar-refractivity contribution in [2.24, 2.45) is 5.41 Å². The van der Waals surface area contributed by atoms with Crippen molar-refractivity contribution in [3.05, 3.63) is 11.8 Å². The predicted octanol–water partition coefficient (Wildman–Crippen LogP) is 3.36. The highest BCUT2D eigenvalue weighted by Gasteiger charge is 2.08. The lowest BCUT2D eigenvalue weighted by atomic mass is 9.99. The average molecular weight is 156 g/mol. The Kier molecular flexibility index (Phi) is 4.24. The topological polar surface area (TPSA) is 9.23 Å². The number of hydrogen-bond donors (Lipinski definition) is 0. The molecule has 0 aliphatic carbocycles. The van der Waals surface area contributed by atoms with Crippen molar-refractivity contribution < 1.29 is 4.74 Å². The smallest absolute Gasteiger partial charge is 0.0921 e. The van der Waals surface area contributed by atoms with Gasteiger partial charge in [0.2, 0.25) is 0 Å². The lowest BCUT2D eigenvalue weighted by molar-refractivity contribution is 0.150. The van der Waals surface area contributed by atoms with Crippen LogP contribution in [-0.4, -0.2) is 6.61 Å². The van der Waals surface area contributed by atoms with Gasteiger partial charge in [0, 0.05) is 0 Å². The average Bonchev–Trinajstić information content (AvgIpc) is 1.85. The van der Waals surface area contributed by atoms with Crippen molar-refractivity contribution in [1.82, 2.24) is 0 Å². The van der Waals surface area contributed by atoms with Gasteiger partial charge in [0.1, 0.15) is 0 Å². The first-order chi connectivity index (χ1) is 4.95. The fourth-order valence-corrected chi connectivity index (χ4v) is 0.517. The van der Waals surface area contributed by atoms with E-state index in [0.29, 0.717) is 0 Å². The zero-order chi connectivity index (χ0) is 8.91. The molecule has 66 valence electrons. The molecule has 0 aliphatic rings. The molecule has 0 N–H and O–H groups in total. The third-order valence-corrected chi connectivity index (χ3v) is 1.36. The zero-order valence-corrected chi connectivity index (χ0v) is 8.40. The van der Waals surface area contributed by atoms with Gasteiger partial charge < -0.3 is 4.74 Å². The number of allylic oxidation sites excluding steroid dienone is 1. The summed E-state index contributed by atoms with van der Waals surface area (Å²) in [6.07, 6.45) is 2.94. The summed E-state index contributed by atoms with van der Waals surface area (Å²) in [5.41, 5.74) is 1.57. The predicted molar refractivity (Wildman–Crippen MR) is 49.5 cm³/mol. The molecule has 1 nitrogen and oxygen atoms in total. The van der Waals surface area contributed by atoms with Crippen LogP contribution in [0, 0.1) is 5.41 Å². The molecule has 0 spiro atoms. The van der Waals surface area contributed by atoms with Crippen LogP contribution >= 0.6 is 0 Å².